The molecule has 0 bridgehead atoms. The van der Waals surface area contributed by atoms with Crippen LogP contribution in [0.5, 0.6) is 0 Å². The van der Waals surface area contributed by atoms with Gasteiger partial charge in [-0.1, -0.05) is 0 Å². The highest BCUT2D eigenvalue weighted by atomic mass is 19.4. The predicted octanol–water partition coefficient (Wildman–Crippen LogP) is 0.302. The van der Waals surface area contributed by atoms with Crippen molar-refractivity contribution in [1.29, 1.82) is 0 Å². The molecule has 0 unspecified atom stereocenters. The second kappa shape index (κ2) is 6.20. The lowest BCUT2D eigenvalue weighted by molar-refractivity contribution is -0.145. The summed E-state index contributed by atoms with van der Waals surface area (Å²) in [6, 6.07) is 0. The van der Waals surface area contributed by atoms with E-state index in [0.29, 0.717) is 13.1 Å². The fourth-order valence-electron chi connectivity index (χ4n) is 1.74. The van der Waals surface area contributed by atoms with Crippen LogP contribution in [0.25, 0.3) is 0 Å². The lowest BCUT2D eigenvalue weighted by Gasteiger charge is -2.28. The molecule has 1 aliphatic rings. The van der Waals surface area contributed by atoms with Crippen LogP contribution in [0.2, 0.25) is 0 Å². The van der Waals surface area contributed by atoms with Crippen LogP contribution >= 0.6 is 0 Å². The zero-order valence-corrected chi connectivity index (χ0v) is 9.89. The molecule has 1 amide bonds. The van der Waals surface area contributed by atoms with Crippen LogP contribution in [0.4, 0.5) is 13.2 Å². The van der Waals surface area contributed by atoms with E-state index in [9.17, 15) is 18.0 Å². The Bertz CT molecular complexity index is 252. The van der Waals surface area contributed by atoms with E-state index in [2.05, 4.69) is 5.32 Å². The Morgan fingerprint density at radius 1 is 1.35 bits per heavy atom. The van der Waals surface area contributed by atoms with Crippen molar-refractivity contribution in [2.45, 2.75) is 12.6 Å². The topological polar surface area (TPSA) is 35.6 Å². The van der Waals surface area contributed by atoms with E-state index in [1.165, 1.54) is 7.05 Å². The van der Waals surface area contributed by atoms with E-state index in [1.54, 1.807) is 4.90 Å². The first kappa shape index (κ1) is 14.2. The Hall–Kier alpha value is -0.820. The van der Waals surface area contributed by atoms with Gasteiger partial charge in [0.2, 0.25) is 5.91 Å². The van der Waals surface area contributed by atoms with Crippen molar-refractivity contribution < 1.29 is 18.0 Å². The van der Waals surface area contributed by atoms with Gasteiger partial charge in [-0.05, 0) is 7.05 Å². The number of nitrogens with one attached hydrogen (secondary N) is 1. The summed E-state index contributed by atoms with van der Waals surface area (Å²) in [5.41, 5.74) is 0. The first-order valence-electron chi connectivity index (χ1n) is 5.62. The van der Waals surface area contributed by atoms with E-state index in [-0.39, 0.29) is 18.9 Å². The normalized spacial score (nSPS) is 17.6. The maximum absolute atomic E-state index is 12.0. The standard InChI is InChI=1S/C10H18F3N3O/c1-15(8-10(11,12)13)5-2-9(17)16-6-3-14-4-7-16/h14H,2-8H2,1H3. The number of amides is 1. The number of rotatable bonds is 4. The summed E-state index contributed by atoms with van der Waals surface area (Å²) in [7, 11) is 1.37. The molecule has 100 valence electrons. The Kier molecular flexibility index (Phi) is 5.20. The lowest BCUT2D eigenvalue weighted by atomic mass is 10.3. The molecule has 7 heteroatoms. The number of carbonyl (C=O) groups is 1. The summed E-state index contributed by atoms with van der Waals surface area (Å²) in [5, 5.41) is 3.11. The molecule has 1 rings (SSSR count). The van der Waals surface area contributed by atoms with Crippen molar-refractivity contribution >= 4 is 5.91 Å². The zero-order valence-electron chi connectivity index (χ0n) is 9.89. The largest absolute Gasteiger partial charge is 0.401 e. The van der Waals surface area contributed by atoms with Crippen LogP contribution in [-0.2, 0) is 4.79 Å². The second-order valence-corrected chi connectivity index (χ2v) is 4.23. The Morgan fingerprint density at radius 3 is 2.47 bits per heavy atom. The molecule has 1 N–H and O–H groups in total. The van der Waals surface area contributed by atoms with Crippen molar-refractivity contribution in [3.8, 4) is 0 Å². The molecule has 1 aliphatic heterocycles. The number of carbonyl (C=O) groups excluding carboxylic acids is 1. The Morgan fingerprint density at radius 2 is 1.94 bits per heavy atom. The highest BCUT2D eigenvalue weighted by molar-refractivity contribution is 5.76. The van der Waals surface area contributed by atoms with Crippen molar-refractivity contribution in [3.63, 3.8) is 0 Å². The summed E-state index contributed by atoms with van der Waals surface area (Å²) in [6.07, 6.45) is -4.06. The van der Waals surface area contributed by atoms with Gasteiger partial charge in [0.25, 0.3) is 0 Å². The maximum atomic E-state index is 12.0. The SMILES string of the molecule is CN(CCC(=O)N1CCNCC1)CC(F)(F)F. The molecular formula is C10H18F3N3O. The molecule has 0 aromatic heterocycles. The molecular weight excluding hydrogens is 235 g/mol. The predicted molar refractivity (Wildman–Crippen MR) is 57.6 cm³/mol. The van der Waals surface area contributed by atoms with Gasteiger partial charge < -0.3 is 10.2 Å². The highest BCUT2D eigenvalue weighted by Crippen LogP contribution is 2.15. The molecule has 0 spiro atoms. The molecule has 1 heterocycles. The van der Waals surface area contributed by atoms with Gasteiger partial charge in [0.15, 0.2) is 0 Å². The zero-order chi connectivity index (χ0) is 12.9. The molecule has 1 saturated heterocycles. The molecule has 0 aromatic carbocycles. The average Bonchev–Trinajstić information content (AvgIpc) is 2.25. The molecule has 0 saturated carbocycles. The van der Waals surface area contributed by atoms with E-state index < -0.39 is 12.7 Å². The second-order valence-electron chi connectivity index (χ2n) is 4.23. The summed E-state index contributed by atoms with van der Waals surface area (Å²) in [4.78, 5) is 14.5. The summed E-state index contributed by atoms with van der Waals surface area (Å²) in [5.74, 6) is -0.0690. The number of hydrogen-bond donors (Lipinski definition) is 1. The van der Waals surface area contributed by atoms with E-state index in [1.807, 2.05) is 0 Å². The lowest BCUT2D eigenvalue weighted by Crippen LogP contribution is -2.47. The van der Waals surface area contributed by atoms with Crippen molar-refractivity contribution in [3.05, 3.63) is 0 Å². The fourth-order valence-corrected chi connectivity index (χ4v) is 1.74. The molecule has 0 aliphatic carbocycles. The van der Waals surface area contributed by atoms with E-state index in [0.717, 1.165) is 18.0 Å². The minimum absolute atomic E-state index is 0.0690. The molecule has 4 nitrogen and oxygen atoms in total. The molecule has 17 heavy (non-hydrogen) atoms. The van der Waals surface area contributed by atoms with Gasteiger partial charge in [0.1, 0.15) is 0 Å². The average molecular weight is 253 g/mol. The van der Waals surface area contributed by atoms with Gasteiger partial charge >= 0.3 is 6.18 Å². The van der Waals surface area contributed by atoms with Gasteiger partial charge in [-0.25, -0.2) is 0 Å². The van der Waals surface area contributed by atoms with Gasteiger partial charge in [0.05, 0.1) is 6.54 Å². The smallest absolute Gasteiger partial charge is 0.340 e. The van der Waals surface area contributed by atoms with Gasteiger partial charge in [-0.3, -0.25) is 9.69 Å². The van der Waals surface area contributed by atoms with Gasteiger partial charge in [-0.2, -0.15) is 13.2 Å². The summed E-state index contributed by atoms with van der Waals surface area (Å²) < 4.78 is 36.1. The number of hydrogen-bond acceptors (Lipinski definition) is 3. The maximum Gasteiger partial charge on any atom is 0.401 e. The molecule has 0 radical (unpaired) electrons. The number of nitrogens with zero attached hydrogens (tertiary/aromatic N) is 2. The number of halogens is 3. The van der Waals surface area contributed by atoms with Gasteiger partial charge in [0, 0.05) is 39.1 Å². The molecule has 1 fully saturated rings. The first-order chi connectivity index (χ1) is 7.88. The molecule has 0 atom stereocenters. The molecule has 0 aromatic rings. The van der Waals surface area contributed by atoms with Crippen LogP contribution < -0.4 is 5.32 Å². The number of alkyl halides is 3. The van der Waals surface area contributed by atoms with Crippen LogP contribution in [0.1, 0.15) is 6.42 Å². The minimum Gasteiger partial charge on any atom is -0.340 e. The summed E-state index contributed by atoms with van der Waals surface area (Å²) >= 11 is 0. The van der Waals surface area contributed by atoms with Gasteiger partial charge in [-0.15, -0.1) is 0 Å². The van der Waals surface area contributed by atoms with Crippen molar-refractivity contribution in [1.82, 2.24) is 15.1 Å². The minimum atomic E-state index is -4.20. The third-order valence-electron chi connectivity index (χ3n) is 2.63. The third-order valence-corrected chi connectivity index (χ3v) is 2.63. The third kappa shape index (κ3) is 5.88. The van der Waals surface area contributed by atoms with Crippen LogP contribution in [0, 0.1) is 0 Å². The number of piperazine rings is 1. The summed E-state index contributed by atoms with van der Waals surface area (Å²) in [6.45, 7) is 1.96. The Balaban J connectivity index is 2.22. The van der Waals surface area contributed by atoms with E-state index in [4.69, 9.17) is 0 Å². The highest BCUT2D eigenvalue weighted by Gasteiger charge is 2.29. The van der Waals surface area contributed by atoms with Crippen molar-refractivity contribution in [2.75, 3.05) is 46.3 Å². The van der Waals surface area contributed by atoms with E-state index >= 15 is 0 Å². The van der Waals surface area contributed by atoms with Crippen LogP contribution in [-0.4, -0.2) is 68.2 Å². The quantitative estimate of drug-likeness (QED) is 0.783. The monoisotopic (exact) mass is 253 g/mol. The van der Waals surface area contributed by atoms with Crippen LogP contribution in [0.15, 0.2) is 0 Å². The Labute approximate surface area is 98.7 Å². The van der Waals surface area contributed by atoms with Crippen LogP contribution in [0.3, 0.4) is 0 Å². The fraction of sp³-hybridized carbons (Fsp3) is 0.900. The van der Waals surface area contributed by atoms with Crippen molar-refractivity contribution in [2.24, 2.45) is 0 Å². The first-order valence-corrected chi connectivity index (χ1v) is 5.62.